The molecular formula is C15H14F3IO3S. The van der Waals surface area contributed by atoms with Crippen LogP contribution < -0.4 is 0 Å². The zero-order valence-electron chi connectivity index (χ0n) is 12.5. The second-order valence-electron chi connectivity index (χ2n) is 5.23. The van der Waals surface area contributed by atoms with Gasteiger partial charge in [0.25, 0.3) is 0 Å². The van der Waals surface area contributed by atoms with Gasteiger partial charge in [0.05, 0.1) is 0 Å². The molecule has 0 aromatic heterocycles. The molecule has 3 nitrogen and oxygen atoms in total. The Morgan fingerprint density at radius 2 is 1.61 bits per heavy atom. The number of hydrogen-bond donors (Lipinski definition) is 0. The van der Waals surface area contributed by atoms with Crippen molar-refractivity contribution in [3.8, 4) is 21.7 Å². The van der Waals surface area contributed by atoms with Gasteiger partial charge in [0.15, 0.2) is 0 Å². The Balaban J connectivity index is 3.15. The molecule has 0 aliphatic heterocycles. The Morgan fingerprint density at radius 1 is 1.04 bits per heavy atom. The summed E-state index contributed by atoms with van der Waals surface area (Å²) in [5, 5.41) is 0. The summed E-state index contributed by atoms with van der Waals surface area (Å²) in [7, 11) is -5.69. The molecule has 0 saturated carbocycles. The van der Waals surface area contributed by atoms with Crippen LogP contribution in [0.2, 0.25) is 0 Å². The fourth-order valence-electron chi connectivity index (χ4n) is 1.04. The molecule has 0 aliphatic carbocycles. The first-order chi connectivity index (χ1) is 10.4. The van der Waals surface area contributed by atoms with Crippen molar-refractivity contribution in [3.63, 3.8) is 0 Å². The molecule has 0 radical (unpaired) electrons. The molecule has 0 fully saturated rings. The molecule has 0 aliphatic rings. The normalized spacial score (nSPS) is 12.5. The Hall–Kier alpha value is -1.23. The third-order valence-electron chi connectivity index (χ3n) is 1.99. The van der Waals surface area contributed by atoms with Gasteiger partial charge in [-0.3, -0.25) is 0 Å². The second-order valence-corrected chi connectivity index (χ2v) is 11.0. The van der Waals surface area contributed by atoms with Gasteiger partial charge in [0.1, 0.15) is 0 Å². The van der Waals surface area contributed by atoms with Gasteiger partial charge in [-0.1, -0.05) is 0 Å². The number of halogens is 4. The van der Waals surface area contributed by atoms with E-state index >= 15 is 0 Å². The molecule has 126 valence electrons. The van der Waals surface area contributed by atoms with E-state index in [1.54, 1.807) is 18.2 Å². The predicted octanol–water partition coefficient (Wildman–Crippen LogP) is 4.15. The summed E-state index contributed by atoms with van der Waals surface area (Å²) in [5.74, 6) is 7.73. The van der Waals surface area contributed by atoms with Crippen LogP contribution in [0.3, 0.4) is 0 Å². The maximum atomic E-state index is 12.5. The van der Waals surface area contributed by atoms with Crippen LogP contribution in [0.1, 0.15) is 20.8 Å². The van der Waals surface area contributed by atoms with Crippen molar-refractivity contribution in [1.29, 1.82) is 0 Å². The summed E-state index contributed by atoms with van der Waals surface area (Å²) < 4.78 is 67.1. The third kappa shape index (κ3) is 6.81. The van der Waals surface area contributed by atoms with E-state index in [0.717, 1.165) is 0 Å². The van der Waals surface area contributed by atoms with Gasteiger partial charge < -0.3 is 0 Å². The fourth-order valence-corrected chi connectivity index (χ4v) is 6.07. The van der Waals surface area contributed by atoms with E-state index in [9.17, 15) is 21.6 Å². The Labute approximate surface area is 141 Å². The predicted molar refractivity (Wildman–Crippen MR) is 90.2 cm³/mol. The summed E-state index contributed by atoms with van der Waals surface area (Å²) in [5.41, 5.74) is -5.80. The van der Waals surface area contributed by atoms with Crippen LogP contribution in [-0.2, 0) is 12.6 Å². The van der Waals surface area contributed by atoms with E-state index in [1.807, 2.05) is 20.8 Å². The van der Waals surface area contributed by atoms with Crippen molar-refractivity contribution in [2.24, 2.45) is 5.41 Å². The van der Waals surface area contributed by atoms with Gasteiger partial charge in [0, 0.05) is 0 Å². The molecule has 1 rings (SSSR count). The summed E-state index contributed by atoms with van der Waals surface area (Å²) in [4.78, 5) is 0. The van der Waals surface area contributed by atoms with Crippen LogP contribution in [0, 0.1) is 30.7 Å². The van der Waals surface area contributed by atoms with Crippen LogP contribution in [0.5, 0.6) is 0 Å². The molecule has 0 amide bonds. The average Bonchev–Trinajstić information content (AvgIpc) is 2.40. The number of benzene rings is 1. The maximum absolute atomic E-state index is 12.5. The molecule has 1 aromatic rings. The molecule has 1 aromatic carbocycles. The first-order valence-corrected chi connectivity index (χ1v) is 10.7. The van der Waals surface area contributed by atoms with Crippen LogP contribution in [-0.4, -0.2) is 13.9 Å². The second kappa shape index (κ2) is 7.56. The monoisotopic (exact) mass is 458 g/mol. The molecule has 0 spiro atoms. The fraction of sp³-hybridized carbons (Fsp3) is 0.333. The molecule has 0 unspecified atom stereocenters. The quantitative estimate of drug-likeness (QED) is 0.389. The Morgan fingerprint density at radius 3 is 2.09 bits per heavy atom. The van der Waals surface area contributed by atoms with Crippen molar-refractivity contribution < 1.29 is 24.1 Å². The van der Waals surface area contributed by atoms with Gasteiger partial charge in [-0.15, -0.1) is 0 Å². The molecule has 0 bridgehead atoms. The first-order valence-electron chi connectivity index (χ1n) is 6.21. The summed E-state index contributed by atoms with van der Waals surface area (Å²) in [6.45, 7) is 5.54. The van der Waals surface area contributed by atoms with Crippen LogP contribution in [0.25, 0.3) is 0 Å². The SMILES string of the molecule is CC(C)(C)C#CC#CI(OS(=O)(=O)C(F)(F)F)c1ccccc1. The standard InChI is InChI=1S/C15H14F3IO3S/c1-14(2,3)11-7-8-12-19(13-9-5-4-6-10-13)22-23(20,21)15(16,17)18/h4-6,9-10H,1-3H3. The average molecular weight is 458 g/mol. The van der Waals surface area contributed by atoms with Crippen LogP contribution in [0.15, 0.2) is 30.3 Å². The van der Waals surface area contributed by atoms with Gasteiger partial charge in [0.2, 0.25) is 0 Å². The zero-order valence-corrected chi connectivity index (χ0v) is 15.5. The summed E-state index contributed by atoms with van der Waals surface area (Å²) in [6, 6.07) is 7.78. The van der Waals surface area contributed by atoms with Crippen molar-refractivity contribution in [2.75, 3.05) is 0 Å². The number of alkyl halides is 3. The van der Waals surface area contributed by atoms with E-state index in [-0.39, 0.29) is 5.41 Å². The van der Waals surface area contributed by atoms with Crippen molar-refractivity contribution >= 4 is 30.4 Å². The Bertz CT molecular complexity index is 758. The van der Waals surface area contributed by atoms with E-state index in [1.165, 1.54) is 12.1 Å². The molecular weight excluding hydrogens is 444 g/mol. The molecule has 8 heteroatoms. The first kappa shape index (κ1) is 19.8. The van der Waals surface area contributed by atoms with E-state index in [2.05, 4.69) is 24.2 Å². The molecule has 0 N–H and O–H groups in total. The summed E-state index contributed by atoms with van der Waals surface area (Å²) >= 11 is -3.38. The van der Waals surface area contributed by atoms with Crippen molar-refractivity contribution in [2.45, 2.75) is 26.3 Å². The third-order valence-corrected chi connectivity index (χ3v) is 7.96. The van der Waals surface area contributed by atoms with Gasteiger partial charge in [-0.05, 0) is 0 Å². The van der Waals surface area contributed by atoms with Crippen LogP contribution in [0.4, 0.5) is 13.2 Å². The number of hydrogen-bond acceptors (Lipinski definition) is 3. The van der Waals surface area contributed by atoms with E-state index in [0.29, 0.717) is 3.57 Å². The van der Waals surface area contributed by atoms with Crippen molar-refractivity contribution in [3.05, 3.63) is 33.9 Å². The van der Waals surface area contributed by atoms with Crippen molar-refractivity contribution in [1.82, 2.24) is 0 Å². The summed E-state index contributed by atoms with van der Waals surface area (Å²) in [6.07, 6.45) is 0. The zero-order chi connectivity index (χ0) is 17.7. The molecule has 23 heavy (non-hydrogen) atoms. The topological polar surface area (TPSA) is 43.4 Å². The van der Waals surface area contributed by atoms with Gasteiger partial charge in [-0.2, -0.15) is 0 Å². The van der Waals surface area contributed by atoms with Gasteiger partial charge in [-0.25, -0.2) is 0 Å². The number of rotatable bonds is 3. The molecule has 0 saturated heterocycles. The van der Waals surface area contributed by atoms with E-state index in [4.69, 9.17) is 0 Å². The molecule has 0 atom stereocenters. The molecule has 0 heterocycles. The van der Waals surface area contributed by atoms with Gasteiger partial charge >= 0.3 is 142 Å². The Kier molecular flexibility index (Phi) is 6.51. The minimum atomic E-state index is -5.69. The van der Waals surface area contributed by atoms with E-state index < -0.39 is 35.9 Å². The van der Waals surface area contributed by atoms with Crippen LogP contribution >= 0.6 is 20.2 Å². The minimum absolute atomic E-state index is 0.320.